The molecule has 0 radical (unpaired) electrons. The molecule has 3 heterocycles. The summed E-state index contributed by atoms with van der Waals surface area (Å²) in [7, 11) is 0. The number of aromatic nitrogens is 2. The third-order valence-electron chi connectivity index (χ3n) is 6.04. The van der Waals surface area contributed by atoms with Crippen molar-refractivity contribution in [1.82, 2.24) is 14.5 Å². The highest BCUT2D eigenvalue weighted by Crippen LogP contribution is 2.30. The summed E-state index contributed by atoms with van der Waals surface area (Å²) < 4.78 is 1.27. The lowest BCUT2D eigenvalue weighted by atomic mass is 9.92. The number of halogens is 1. The third kappa shape index (κ3) is 4.82. The Hall–Kier alpha value is -2.71. The van der Waals surface area contributed by atoms with Crippen molar-refractivity contribution in [1.29, 1.82) is 0 Å². The van der Waals surface area contributed by atoms with Crippen molar-refractivity contribution in [3.8, 4) is 0 Å². The van der Waals surface area contributed by atoms with Crippen LogP contribution in [0.15, 0.2) is 29.3 Å². The first kappa shape index (κ1) is 23.4. The molecule has 0 bridgehead atoms. The van der Waals surface area contributed by atoms with E-state index in [1.54, 1.807) is 19.1 Å². The van der Waals surface area contributed by atoms with Crippen LogP contribution in [0, 0.1) is 25.7 Å². The van der Waals surface area contributed by atoms with Crippen LogP contribution in [0.2, 0.25) is 5.02 Å². The number of anilines is 1. The number of rotatable bonds is 4. The van der Waals surface area contributed by atoms with Crippen LogP contribution in [0.1, 0.15) is 41.1 Å². The largest absolute Gasteiger partial charge is 0.337 e. The molecular formula is C24H27ClN4O3S. The zero-order chi connectivity index (χ0) is 23.9. The number of nitrogens with zero attached hydrogens (tertiary/aromatic N) is 3. The lowest BCUT2D eigenvalue weighted by Crippen LogP contribution is -2.42. The number of benzene rings is 1. The van der Waals surface area contributed by atoms with Gasteiger partial charge in [-0.05, 0) is 55.4 Å². The number of aryl methyl sites for hydroxylation is 2. The molecule has 1 aliphatic rings. The summed E-state index contributed by atoms with van der Waals surface area (Å²) in [6.45, 7) is 9.23. The van der Waals surface area contributed by atoms with E-state index >= 15 is 0 Å². The zero-order valence-electron chi connectivity index (χ0n) is 19.1. The van der Waals surface area contributed by atoms with Gasteiger partial charge in [-0.25, -0.2) is 4.98 Å². The first-order chi connectivity index (χ1) is 15.6. The van der Waals surface area contributed by atoms with E-state index < -0.39 is 0 Å². The second kappa shape index (κ2) is 9.27. The van der Waals surface area contributed by atoms with Gasteiger partial charge in [-0.1, -0.05) is 31.5 Å². The monoisotopic (exact) mass is 486 g/mol. The molecule has 0 spiro atoms. The number of nitrogens with one attached hydrogen (secondary N) is 1. The average molecular weight is 487 g/mol. The summed E-state index contributed by atoms with van der Waals surface area (Å²) in [6.07, 6.45) is 2.47. The molecule has 0 saturated carbocycles. The maximum Gasteiger partial charge on any atom is 0.264 e. The van der Waals surface area contributed by atoms with Crippen LogP contribution in [0.25, 0.3) is 10.2 Å². The molecule has 4 rings (SSSR count). The molecule has 0 aliphatic carbocycles. The molecule has 174 valence electrons. The van der Waals surface area contributed by atoms with Crippen LogP contribution in [-0.2, 0) is 11.3 Å². The fraction of sp³-hybridized carbons (Fsp3) is 0.417. The van der Waals surface area contributed by atoms with Crippen LogP contribution in [-0.4, -0.2) is 39.4 Å². The highest BCUT2D eigenvalue weighted by atomic mass is 35.5. The van der Waals surface area contributed by atoms with Gasteiger partial charge in [0.2, 0.25) is 5.91 Å². The van der Waals surface area contributed by atoms with Crippen molar-refractivity contribution in [3.63, 3.8) is 0 Å². The molecule has 2 atom stereocenters. The molecule has 2 aromatic heterocycles. The van der Waals surface area contributed by atoms with Gasteiger partial charge in [-0.3, -0.25) is 19.0 Å². The number of hydrogen-bond donors (Lipinski definition) is 1. The summed E-state index contributed by atoms with van der Waals surface area (Å²) in [5, 5.41) is 3.70. The predicted octanol–water partition coefficient (Wildman–Crippen LogP) is 4.49. The number of thiophene rings is 1. The van der Waals surface area contributed by atoms with E-state index in [4.69, 9.17) is 11.6 Å². The maximum absolute atomic E-state index is 13.2. The van der Waals surface area contributed by atoms with Crippen LogP contribution in [0.3, 0.4) is 0 Å². The number of fused-ring (bicyclic) bond motifs is 1. The molecule has 2 unspecified atom stereocenters. The van der Waals surface area contributed by atoms with E-state index in [0.717, 1.165) is 25.1 Å². The van der Waals surface area contributed by atoms with Gasteiger partial charge < -0.3 is 10.2 Å². The second-order valence-electron chi connectivity index (χ2n) is 9.08. The van der Waals surface area contributed by atoms with Gasteiger partial charge in [0.1, 0.15) is 11.4 Å². The van der Waals surface area contributed by atoms with Gasteiger partial charge in [0.05, 0.1) is 16.6 Å². The Bertz CT molecular complexity index is 1290. The van der Waals surface area contributed by atoms with E-state index in [9.17, 15) is 14.4 Å². The summed E-state index contributed by atoms with van der Waals surface area (Å²) in [4.78, 5) is 46.2. The quantitative estimate of drug-likeness (QED) is 0.589. The first-order valence-electron chi connectivity index (χ1n) is 11.0. The number of piperidine rings is 1. The van der Waals surface area contributed by atoms with E-state index in [1.165, 1.54) is 22.2 Å². The smallest absolute Gasteiger partial charge is 0.264 e. The molecule has 1 fully saturated rings. The van der Waals surface area contributed by atoms with Crippen LogP contribution >= 0.6 is 22.9 Å². The number of carbonyl (C=O) groups excluding carboxylic acids is 2. The van der Waals surface area contributed by atoms with Crippen LogP contribution < -0.4 is 10.9 Å². The highest BCUT2D eigenvalue weighted by molar-refractivity contribution is 7.20. The summed E-state index contributed by atoms with van der Waals surface area (Å²) in [5.74, 6) is 0.488. The standard InChI is InChI=1S/C24H27ClN4O3S/c1-13-7-14(2)10-28(9-13)24(32)21-16(4)20-22(33-21)26-12-29(23(20)31)11-19(30)27-17-6-5-15(3)18(25)8-17/h5-6,8,12-14H,7,9-11H2,1-4H3,(H,27,30). The first-order valence-corrected chi connectivity index (χ1v) is 12.2. The SMILES string of the molecule is Cc1ccc(NC(=O)Cn2cnc3sc(C(=O)N4CC(C)CC(C)C4)c(C)c3c2=O)cc1Cl. The molecule has 1 aliphatic heterocycles. The fourth-order valence-electron chi connectivity index (χ4n) is 4.47. The normalized spacial score (nSPS) is 18.5. The number of likely N-dealkylation sites (tertiary alicyclic amines) is 1. The van der Waals surface area contributed by atoms with E-state index in [-0.39, 0.29) is 23.9 Å². The van der Waals surface area contributed by atoms with Crippen LogP contribution in [0.5, 0.6) is 0 Å². The van der Waals surface area contributed by atoms with Crippen molar-refractivity contribution < 1.29 is 9.59 Å². The Morgan fingerprint density at radius 1 is 1.21 bits per heavy atom. The van der Waals surface area contributed by atoms with Gasteiger partial charge in [0.15, 0.2) is 0 Å². The Morgan fingerprint density at radius 3 is 2.58 bits per heavy atom. The van der Waals surface area contributed by atoms with Gasteiger partial charge >= 0.3 is 0 Å². The lowest BCUT2D eigenvalue weighted by molar-refractivity contribution is -0.116. The lowest BCUT2D eigenvalue weighted by Gasteiger charge is -2.34. The van der Waals surface area contributed by atoms with Gasteiger partial charge in [0, 0.05) is 23.8 Å². The Labute approximate surface area is 201 Å². The molecular weight excluding hydrogens is 460 g/mol. The third-order valence-corrected chi connectivity index (χ3v) is 7.63. The predicted molar refractivity (Wildman–Crippen MR) is 132 cm³/mol. The summed E-state index contributed by atoms with van der Waals surface area (Å²) in [5.41, 5.74) is 1.77. The van der Waals surface area contributed by atoms with Gasteiger partial charge in [-0.2, -0.15) is 0 Å². The van der Waals surface area contributed by atoms with Crippen LogP contribution in [0.4, 0.5) is 5.69 Å². The van der Waals surface area contributed by atoms with Crippen molar-refractivity contribution in [2.45, 2.75) is 40.7 Å². The minimum absolute atomic E-state index is 0.0474. The molecule has 1 N–H and O–H groups in total. The minimum atomic E-state index is -0.362. The van der Waals surface area contributed by atoms with Gasteiger partial charge in [-0.15, -0.1) is 11.3 Å². The van der Waals surface area contributed by atoms with E-state index in [0.29, 0.717) is 43.2 Å². The topological polar surface area (TPSA) is 84.3 Å². The Kier molecular flexibility index (Phi) is 6.59. The molecule has 7 nitrogen and oxygen atoms in total. The maximum atomic E-state index is 13.2. The minimum Gasteiger partial charge on any atom is -0.337 e. The van der Waals surface area contributed by atoms with Crippen molar-refractivity contribution in [2.24, 2.45) is 11.8 Å². The highest BCUT2D eigenvalue weighted by Gasteiger charge is 2.29. The number of carbonyl (C=O) groups is 2. The van der Waals surface area contributed by atoms with E-state index in [2.05, 4.69) is 24.1 Å². The Morgan fingerprint density at radius 2 is 1.91 bits per heavy atom. The second-order valence-corrected chi connectivity index (χ2v) is 10.5. The molecule has 1 saturated heterocycles. The number of hydrogen-bond acceptors (Lipinski definition) is 5. The molecule has 3 aromatic rings. The fourth-order valence-corrected chi connectivity index (χ4v) is 5.76. The Balaban J connectivity index is 1.58. The van der Waals surface area contributed by atoms with Gasteiger partial charge in [0.25, 0.3) is 11.5 Å². The molecule has 2 amide bonds. The van der Waals surface area contributed by atoms with Crippen molar-refractivity contribution in [3.05, 3.63) is 55.9 Å². The summed E-state index contributed by atoms with van der Waals surface area (Å²) in [6, 6.07) is 5.24. The molecule has 9 heteroatoms. The van der Waals surface area contributed by atoms with E-state index in [1.807, 2.05) is 17.9 Å². The average Bonchev–Trinajstić information content (AvgIpc) is 3.08. The summed E-state index contributed by atoms with van der Waals surface area (Å²) >= 11 is 7.36. The molecule has 33 heavy (non-hydrogen) atoms. The van der Waals surface area contributed by atoms with Crippen molar-refractivity contribution >= 4 is 50.7 Å². The van der Waals surface area contributed by atoms with Crippen molar-refractivity contribution in [2.75, 3.05) is 18.4 Å². The zero-order valence-corrected chi connectivity index (χ0v) is 20.7. The number of amides is 2. The molecule has 1 aromatic carbocycles.